The molecule has 1 aliphatic carbocycles. The smallest absolute Gasteiger partial charge is 0.137 e. The molecule has 0 bridgehead atoms. The summed E-state index contributed by atoms with van der Waals surface area (Å²) in [7, 11) is 0. The summed E-state index contributed by atoms with van der Waals surface area (Å²) in [6.07, 6.45) is 5.83. The van der Waals surface area contributed by atoms with Crippen molar-refractivity contribution in [2.45, 2.75) is 32.7 Å². The van der Waals surface area contributed by atoms with E-state index in [-0.39, 0.29) is 0 Å². The van der Waals surface area contributed by atoms with Gasteiger partial charge in [0.2, 0.25) is 0 Å². The standard InChI is InChI=1S/C18H19N3/c1-13-17(21-10-3-2-7-18(21)20-13)12-19-16-9-8-14-5-4-6-15(14)11-16/h2-3,7-11,19H,4-6,12H2,1H3. The summed E-state index contributed by atoms with van der Waals surface area (Å²) in [5.74, 6) is 0. The zero-order valence-corrected chi connectivity index (χ0v) is 12.3. The summed E-state index contributed by atoms with van der Waals surface area (Å²) in [6, 6.07) is 12.9. The Bertz CT molecular complexity index is 801. The first-order valence-electron chi connectivity index (χ1n) is 7.59. The number of nitrogens with one attached hydrogen (secondary N) is 1. The van der Waals surface area contributed by atoms with Gasteiger partial charge in [0, 0.05) is 11.9 Å². The molecule has 21 heavy (non-hydrogen) atoms. The highest BCUT2D eigenvalue weighted by molar-refractivity contribution is 5.51. The third-order valence-electron chi connectivity index (χ3n) is 4.39. The number of imidazole rings is 1. The highest BCUT2D eigenvalue weighted by Crippen LogP contribution is 2.25. The van der Waals surface area contributed by atoms with Crippen molar-refractivity contribution < 1.29 is 0 Å². The summed E-state index contributed by atoms with van der Waals surface area (Å²) in [5.41, 5.74) is 7.57. The van der Waals surface area contributed by atoms with Crippen LogP contribution in [0.25, 0.3) is 5.65 Å². The molecule has 2 aromatic heterocycles. The van der Waals surface area contributed by atoms with Crippen LogP contribution in [0.1, 0.15) is 28.9 Å². The minimum Gasteiger partial charge on any atom is -0.379 e. The van der Waals surface area contributed by atoms with Crippen molar-refractivity contribution in [2.75, 3.05) is 5.32 Å². The molecule has 0 radical (unpaired) electrons. The Balaban J connectivity index is 1.60. The van der Waals surface area contributed by atoms with E-state index in [0.717, 1.165) is 17.9 Å². The topological polar surface area (TPSA) is 29.3 Å². The van der Waals surface area contributed by atoms with E-state index in [2.05, 4.69) is 46.0 Å². The lowest BCUT2D eigenvalue weighted by Gasteiger charge is -2.09. The summed E-state index contributed by atoms with van der Waals surface area (Å²) in [5, 5.41) is 3.55. The van der Waals surface area contributed by atoms with E-state index in [1.165, 1.54) is 41.8 Å². The van der Waals surface area contributed by atoms with Crippen LogP contribution in [0.5, 0.6) is 0 Å². The number of hydrogen-bond donors (Lipinski definition) is 1. The fraction of sp³-hybridized carbons (Fsp3) is 0.278. The van der Waals surface area contributed by atoms with Gasteiger partial charge in [-0.15, -0.1) is 0 Å². The highest BCUT2D eigenvalue weighted by Gasteiger charge is 2.11. The fourth-order valence-electron chi connectivity index (χ4n) is 3.24. The molecule has 4 rings (SSSR count). The van der Waals surface area contributed by atoms with Crippen molar-refractivity contribution in [1.82, 2.24) is 9.38 Å². The van der Waals surface area contributed by atoms with Crippen LogP contribution in [0, 0.1) is 6.92 Å². The molecule has 0 unspecified atom stereocenters. The van der Waals surface area contributed by atoms with Crippen LogP contribution >= 0.6 is 0 Å². The molecule has 0 saturated heterocycles. The number of aromatic nitrogens is 2. The van der Waals surface area contributed by atoms with Crippen molar-refractivity contribution in [1.29, 1.82) is 0 Å². The molecule has 0 aliphatic heterocycles. The second kappa shape index (κ2) is 4.92. The Morgan fingerprint density at radius 3 is 3.00 bits per heavy atom. The predicted molar refractivity (Wildman–Crippen MR) is 85.7 cm³/mol. The fourth-order valence-corrected chi connectivity index (χ4v) is 3.24. The van der Waals surface area contributed by atoms with Crippen molar-refractivity contribution >= 4 is 11.3 Å². The molecule has 3 heteroatoms. The van der Waals surface area contributed by atoms with E-state index in [1.54, 1.807) is 0 Å². The van der Waals surface area contributed by atoms with Crippen LogP contribution < -0.4 is 5.32 Å². The number of hydrogen-bond acceptors (Lipinski definition) is 2. The molecular weight excluding hydrogens is 258 g/mol. The third-order valence-corrected chi connectivity index (χ3v) is 4.39. The van der Waals surface area contributed by atoms with Crippen LogP contribution in [0.3, 0.4) is 0 Å². The highest BCUT2D eigenvalue weighted by atomic mass is 15.0. The van der Waals surface area contributed by atoms with E-state index in [0.29, 0.717) is 0 Å². The van der Waals surface area contributed by atoms with Gasteiger partial charge in [-0.3, -0.25) is 0 Å². The minimum atomic E-state index is 0.801. The number of nitrogens with zero attached hydrogens (tertiary/aromatic N) is 2. The van der Waals surface area contributed by atoms with E-state index in [1.807, 2.05) is 18.2 Å². The Hall–Kier alpha value is -2.29. The molecular formula is C18H19N3. The Morgan fingerprint density at radius 1 is 1.14 bits per heavy atom. The van der Waals surface area contributed by atoms with E-state index >= 15 is 0 Å². The zero-order chi connectivity index (χ0) is 14.2. The quantitative estimate of drug-likeness (QED) is 0.790. The Labute approximate surface area is 124 Å². The molecule has 0 saturated carbocycles. The van der Waals surface area contributed by atoms with Crippen molar-refractivity contribution in [3.63, 3.8) is 0 Å². The van der Waals surface area contributed by atoms with Gasteiger partial charge in [0.1, 0.15) is 5.65 Å². The molecule has 0 amide bonds. The van der Waals surface area contributed by atoms with Gasteiger partial charge in [-0.25, -0.2) is 4.98 Å². The SMILES string of the molecule is Cc1nc2ccccn2c1CNc1ccc2c(c1)CCC2. The zero-order valence-electron chi connectivity index (χ0n) is 12.3. The first-order valence-corrected chi connectivity index (χ1v) is 7.59. The maximum absolute atomic E-state index is 4.61. The van der Waals surface area contributed by atoms with Gasteiger partial charge in [0.25, 0.3) is 0 Å². The number of rotatable bonds is 3. The lowest BCUT2D eigenvalue weighted by molar-refractivity contribution is 0.911. The van der Waals surface area contributed by atoms with Crippen molar-refractivity contribution in [3.05, 3.63) is 65.1 Å². The van der Waals surface area contributed by atoms with Gasteiger partial charge in [-0.1, -0.05) is 12.1 Å². The third kappa shape index (κ3) is 2.19. The monoisotopic (exact) mass is 277 g/mol. The van der Waals surface area contributed by atoms with Crippen molar-refractivity contribution in [3.8, 4) is 0 Å². The lowest BCUT2D eigenvalue weighted by Crippen LogP contribution is -2.04. The van der Waals surface area contributed by atoms with Gasteiger partial charge in [-0.05, 0) is 61.6 Å². The molecule has 1 aromatic carbocycles. The lowest BCUT2D eigenvalue weighted by atomic mass is 10.1. The first kappa shape index (κ1) is 12.5. The largest absolute Gasteiger partial charge is 0.379 e. The van der Waals surface area contributed by atoms with Gasteiger partial charge in [-0.2, -0.15) is 0 Å². The van der Waals surface area contributed by atoms with Gasteiger partial charge in [0.15, 0.2) is 0 Å². The predicted octanol–water partition coefficient (Wildman–Crippen LogP) is 3.74. The number of pyridine rings is 1. The Morgan fingerprint density at radius 2 is 2.05 bits per heavy atom. The average Bonchev–Trinajstić information content (AvgIpc) is 3.08. The van der Waals surface area contributed by atoms with Crippen LogP contribution in [0.2, 0.25) is 0 Å². The number of benzene rings is 1. The van der Waals surface area contributed by atoms with Crippen molar-refractivity contribution in [2.24, 2.45) is 0 Å². The van der Waals surface area contributed by atoms with Gasteiger partial charge >= 0.3 is 0 Å². The maximum atomic E-state index is 4.61. The molecule has 2 heterocycles. The first-order chi connectivity index (χ1) is 10.3. The summed E-state index contributed by atoms with van der Waals surface area (Å²) >= 11 is 0. The molecule has 0 fully saturated rings. The number of anilines is 1. The molecule has 3 aromatic rings. The van der Waals surface area contributed by atoms with Crippen LogP contribution in [-0.4, -0.2) is 9.38 Å². The van der Waals surface area contributed by atoms with E-state index < -0.39 is 0 Å². The maximum Gasteiger partial charge on any atom is 0.137 e. The van der Waals surface area contributed by atoms with Crippen LogP contribution in [0.15, 0.2) is 42.6 Å². The van der Waals surface area contributed by atoms with Crippen LogP contribution in [0.4, 0.5) is 5.69 Å². The average molecular weight is 277 g/mol. The number of fused-ring (bicyclic) bond motifs is 2. The van der Waals surface area contributed by atoms with Gasteiger partial charge in [0.05, 0.1) is 17.9 Å². The van der Waals surface area contributed by atoms with Gasteiger partial charge < -0.3 is 9.72 Å². The van der Waals surface area contributed by atoms with Crippen LogP contribution in [-0.2, 0) is 19.4 Å². The van der Waals surface area contributed by atoms with E-state index in [9.17, 15) is 0 Å². The molecule has 1 N–H and O–H groups in total. The molecule has 0 spiro atoms. The molecule has 0 atom stereocenters. The second-order valence-electron chi connectivity index (χ2n) is 5.76. The molecule has 3 nitrogen and oxygen atoms in total. The van der Waals surface area contributed by atoms with E-state index in [4.69, 9.17) is 0 Å². The number of aryl methyl sites for hydroxylation is 3. The molecule has 1 aliphatic rings. The summed E-state index contributed by atoms with van der Waals surface area (Å²) < 4.78 is 2.16. The second-order valence-corrected chi connectivity index (χ2v) is 5.76. The Kier molecular flexibility index (Phi) is 2.92. The summed E-state index contributed by atoms with van der Waals surface area (Å²) in [4.78, 5) is 4.61. The molecule has 106 valence electrons. The normalized spacial score (nSPS) is 13.6. The summed E-state index contributed by atoms with van der Waals surface area (Å²) in [6.45, 7) is 2.88. The minimum absolute atomic E-state index is 0.801.